The van der Waals surface area contributed by atoms with Crippen LogP contribution in [0.1, 0.15) is 18.4 Å². The Morgan fingerprint density at radius 1 is 0.786 bits per heavy atom. The van der Waals surface area contributed by atoms with E-state index in [-0.39, 0.29) is 0 Å². The minimum Gasteiger partial charge on any atom is -0.203 e. The second-order valence-electron chi connectivity index (χ2n) is 2.88. The highest BCUT2D eigenvalue weighted by molar-refractivity contribution is 5.27. The van der Waals surface area contributed by atoms with Crippen LogP contribution in [0.15, 0.2) is 0 Å². The van der Waals surface area contributed by atoms with Crippen molar-refractivity contribution >= 4 is 0 Å². The standard InChI is InChI=1S/C9H6F5/c1-3(2)4-5(10)7(12)9(14)8(13)6(4)11/h3H,1H2,2H3. The van der Waals surface area contributed by atoms with Gasteiger partial charge in [-0.15, -0.1) is 0 Å². The average Bonchev–Trinajstić information content (AvgIpc) is 2.11. The second kappa shape index (κ2) is 3.55. The summed E-state index contributed by atoms with van der Waals surface area (Å²) < 4.78 is 63.4. The molecule has 0 bridgehead atoms. The lowest BCUT2D eigenvalue weighted by Crippen LogP contribution is -2.08. The quantitative estimate of drug-likeness (QED) is 0.378. The predicted octanol–water partition coefficient (Wildman–Crippen LogP) is 3.32. The zero-order chi connectivity index (χ0) is 11.0. The molecule has 0 aromatic heterocycles. The van der Waals surface area contributed by atoms with Crippen molar-refractivity contribution in [3.63, 3.8) is 0 Å². The Labute approximate surface area is 77.4 Å². The van der Waals surface area contributed by atoms with Crippen LogP contribution in [0.4, 0.5) is 22.0 Å². The van der Waals surface area contributed by atoms with Gasteiger partial charge in [0.1, 0.15) is 0 Å². The van der Waals surface area contributed by atoms with E-state index >= 15 is 0 Å². The Kier molecular flexibility index (Phi) is 2.78. The van der Waals surface area contributed by atoms with E-state index < -0.39 is 40.6 Å². The molecule has 0 spiro atoms. The molecular weight excluding hydrogens is 203 g/mol. The fraction of sp³-hybridized carbons (Fsp3) is 0.222. The molecule has 5 heteroatoms. The molecule has 1 aromatic carbocycles. The van der Waals surface area contributed by atoms with Crippen LogP contribution in [0.5, 0.6) is 0 Å². The number of benzene rings is 1. The normalized spacial score (nSPS) is 11.1. The Hall–Kier alpha value is -1.13. The second-order valence-corrected chi connectivity index (χ2v) is 2.88. The number of hydrogen-bond donors (Lipinski definition) is 0. The van der Waals surface area contributed by atoms with Crippen molar-refractivity contribution in [1.29, 1.82) is 0 Å². The first-order valence-corrected chi connectivity index (χ1v) is 3.72. The summed E-state index contributed by atoms with van der Waals surface area (Å²) in [7, 11) is 0. The Morgan fingerprint density at radius 3 is 1.36 bits per heavy atom. The van der Waals surface area contributed by atoms with E-state index in [1.807, 2.05) is 0 Å². The molecule has 1 rings (SSSR count). The summed E-state index contributed by atoms with van der Waals surface area (Å²) in [6.07, 6.45) is 0. The SMILES string of the molecule is [CH2]C(C)c1c(F)c(F)c(F)c(F)c1F. The smallest absolute Gasteiger partial charge is 0.200 e. The number of hydrogen-bond acceptors (Lipinski definition) is 0. The maximum absolute atomic E-state index is 12.9. The minimum atomic E-state index is -2.15. The monoisotopic (exact) mass is 209 g/mol. The Bertz CT molecular complexity index is 341. The molecule has 1 unspecified atom stereocenters. The molecule has 0 aliphatic rings. The maximum atomic E-state index is 12.9. The van der Waals surface area contributed by atoms with Crippen LogP contribution >= 0.6 is 0 Å². The fourth-order valence-corrected chi connectivity index (χ4v) is 1.05. The van der Waals surface area contributed by atoms with Gasteiger partial charge in [0.15, 0.2) is 23.3 Å². The van der Waals surface area contributed by atoms with Gasteiger partial charge < -0.3 is 0 Å². The first-order valence-electron chi connectivity index (χ1n) is 3.72. The van der Waals surface area contributed by atoms with Crippen molar-refractivity contribution < 1.29 is 22.0 Å². The largest absolute Gasteiger partial charge is 0.203 e. The van der Waals surface area contributed by atoms with Gasteiger partial charge in [-0.05, 0) is 12.8 Å². The molecular formula is C9H6F5. The summed E-state index contributed by atoms with van der Waals surface area (Å²) in [6.45, 7) is 4.44. The van der Waals surface area contributed by atoms with E-state index in [0.29, 0.717) is 0 Å². The molecule has 0 aliphatic heterocycles. The van der Waals surface area contributed by atoms with Gasteiger partial charge in [-0.2, -0.15) is 0 Å². The van der Waals surface area contributed by atoms with Crippen LogP contribution in [-0.4, -0.2) is 0 Å². The van der Waals surface area contributed by atoms with E-state index in [1.54, 1.807) is 0 Å². The number of halogens is 5. The van der Waals surface area contributed by atoms with Gasteiger partial charge in [-0.3, -0.25) is 0 Å². The molecule has 0 aliphatic carbocycles. The first kappa shape index (κ1) is 10.9. The molecule has 14 heavy (non-hydrogen) atoms. The van der Waals surface area contributed by atoms with E-state index in [2.05, 4.69) is 6.92 Å². The molecule has 0 saturated carbocycles. The zero-order valence-electron chi connectivity index (χ0n) is 7.17. The molecule has 0 fully saturated rings. The summed E-state index contributed by atoms with van der Waals surface area (Å²) in [6, 6.07) is 0. The van der Waals surface area contributed by atoms with Gasteiger partial charge in [-0.25, -0.2) is 22.0 Å². The third-order valence-electron chi connectivity index (χ3n) is 1.74. The zero-order valence-corrected chi connectivity index (χ0v) is 7.17. The lowest BCUT2D eigenvalue weighted by Gasteiger charge is -2.10. The predicted molar refractivity (Wildman–Crippen MR) is 40.0 cm³/mol. The third kappa shape index (κ3) is 1.47. The van der Waals surface area contributed by atoms with E-state index in [9.17, 15) is 22.0 Å². The highest BCUT2D eigenvalue weighted by atomic mass is 19.2. The highest BCUT2D eigenvalue weighted by Crippen LogP contribution is 2.27. The van der Waals surface area contributed by atoms with Gasteiger partial charge in [-0.1, -0.05) is 6.92 Å². The summed E-state index contributed by atoms with van der Waals surface area (Å²) >= 11 is 0. The van der Waals surface area contributed by atoms with Gasteiger partial charge in [0.25, 0.3) is 0 Å². The van der Waals surface area contributed by atoms with Crippen LogP contribution in [0, 0.1) is 36.0 Å². The lowest BCUT2D eigenvalue weighted by atomic mass is 10.0. The van der Waals surface area contributed by atoms with E-state index in [4.69, 9.17) is 0 Å². The van der Waals surface area contributed by atoms with Crippen LogP contribution in [0.25, 0.3) is 0 Å². The van der Waals surface area contributed by atoms with E-state index in [0.717, 1.165) is 0 Å². The summed E-state index contributed by atoms with van der Waals surface area (Å²) in [4.78, 5) is 0. The van der Waals surface area contributed by atoms with Crippen molar-refractivity contribution in [2.24, 2.45) is 0 Å². The molecule has 0 amide bonds. The molecule has 1 atom stereocenters. The van der Waals surface area contributed by atoms with Crippen molar-refractivity contribution in [3.05, 3.63) is 41.6 Å². The van der Waals surface area contributed by atoms with Gasteiger partial charge >= 0.3 is 0 Å². The molecule has 0 heterocycles. The van der Waals surface area contributed by atoms with Crippen molar-refractivity contribution in [2.45, 2.75) is 12.8 Å². The van der Waals surface area contributed by atoms with E-state index in [1.165, 1.54) is 6.92 Å². The average molecular weight is 209 g/mol. The molecule has 1 radical (unpaired) electrons. The highest BCUT2D eigenvalue weighted by Gasteiger charge is 2.26. The summed E-state index contributed by atoms with van der Waals surface area (Å²) in [5.74, 6) is -10.7. The molecule has 0 saturated heterocycles. The van der Waals surface area contributed by atoms with Gasteiger partial charge in [0.2, 0.25) is 5.82 Å². The maximum Gasteiger partial charge on any atom is 0.200 e. The van der Waals surface area contributed by atoms with Gasteiger partial charge in [0, 0.05) is 5.56 Å². The lowest BCUT2D eigenvalue weighted by molar-refractivity contribution is 0.368. The van der Waals surface area contributed by atoms with Crippen LogP contribution in [0.2, 0.25) is 0 Å². The first-order chi connectivity index (χ1) is 6.37. The van der Waals surface area contributed by atoms with Crippen LogP contribution in [-0.2, 0) is 0 Å². The number of rotatable bonds is 1. The molecule has 0 N–H and O–H groups in total. The minimum absolute atomic E-state index is 0.888. The molecule has 77 valence electrons. The summed E-state index contributed by atoms with van der Waals surface area (Å²) in [5, 5.41) is 0. The van der Waals surface area contributed by atoms with Crippen LogP contribution in [0.3, 0.4) is 0 Å². The Morgan fingerprint density at radius 2 is 1.07 bits per heavy atom. The third-order valence-corrected chi connectivity index (χ3v) is 1.74. The topological polar surface area (TPSA) is 0 Å². The Balaban J connectivity index is 3.60. The van der Waals surface area contributed by atoms with Crippen molar-refractivity contribution in [1.82, 2.24) is 0 Å². The van der Waals surface area contributed by atoms with Crippen molar-refractivity contribution in [3.8, 4) is 0 Å². The fourth-order valence-electron chi connectivity index (χ4n) is 1.05. The van der Waals surface area contributed by atoms with Crippen molar-refractivity contribution in [2.75, 3.05) is 0 Å². The summed E-state index contributed by atoms with van der Waals surface area (Å²) in [5.41, 5.74) is -0.888. The molecule has 0 nitrogen and oxygen atoms in total. The molecule has 1 aromatic rings. The van der Waals surface area contributed by atoms with Crippen LogP contribution < -0.4 is 0 Å². The van der Waals surface area contributed by atoms with Gasteiger partial charge in [0.05, 0.1) is 0 Å².